The highest BCUT2D eigenvalue weighted by atomic mass is 35.5. The lowest BCUT2D eigenvalue weighted by Crippen LogP contribution is -2.45. The van der Waals surface area contributed by atoms with Crippen molar-refractivity contribution in [3.05, 3.63) is 0 Å². The van der Waals surface area contributed by atoms with E-state index in [-0.39, 0.29) is 12.4 Å². The van der Waals surface area contributed by atoms with E-state index in [0.717, 1.165) is 0 Å². The Hall–Kier alpha value is -0.320. The van der Waals surface area contributed by atoms with E-state index >= 15 is 0 Å². The molecule has 0 saturated carbocycles. The van der Waals surface area contributed by atoms with Gasteiger partial charge in [-0.05, 0) is 19.4 Å². The first kappa shape index (κ1) is 10.7. The molecule has 0 aliphatic carbocycles. The highest BCUT2D eigenvalue weighted by Gasteiger charge is 2.24. The Morgan fingerprint density at radius 2 is 2.18 bits per heavy atom. The molecule has 1 rings (SSSR count). The van der Waals surface area contributed by atoms with Crippen molar-refractivity contribution in [2.24, 2.45) is 0 Å². The maximum absolute atomic E-state index is 10.3. The van der Waals surface area contributed by atoms with Crippen molar-refractivity contribution < 1.29 is 15.0 Å². The minimum Gasteiger partial charge on any atom is -0.480 e. The van der Waals surface area contributed by atoms with Crippen LogP contribution in [0.25, 0.3) is 0 Å². The number of nitrogens with one attached hydrogen (secondary N) is 1. The maximum Gasteiger partial charge on any atom is 0.320 e. The summed E-state index contributed by atoms with van der Waals surface area (Å²) in [6, 6.07) is -0.552. The van der Waals surface area contributed by atoms with Crippen LogP contribution in [-0.4, -0.2) is 34.9 Å². The van der Waals surface area contributed by atoms with Gasteiger partial charge in [-0.1, -0.05) is 0 Å². The van der Waals surface area contributed by atoms with Gasteiger partial charge in [-0.3, -0.25) is 4.79 Å². The first-order valence-corrected chi connectivity index (χ1v) is 3.34. The van der Waals surface area contributed by atoms with E-state index < -0.39 is 18.1 Å². The number of aliphatic carboxylic acids is 1. The summed E-state index contributed by atoms with van der Waals surface area (Å²) < 4.78 is 0. The van der Waals surface area contributed by atoms with E-state index in [9.17, 15) is 4.79 Å². The number of piperidine rings is 1. The minimum atomic E-state index is -0.876. The van der Waals surface area contributed by atoms with Gasteiger partial charge in [-0.2, -0.15) is 0 Å². The summed E-state index contributed by atoms with van der Waals surface area (Å²) in [5.74, 6) is -0.876. The number of halogens is 1. The largest absolute Gasteiger partial charge is 0.480 e. The first-order chi connectivity index (χ1) is 4.70. The third-order valence-corrected chi connectivity index (χ3v) is 1.67. The van der Waals surface area contributed by atoms with Gasteiger partial charge in [0, 0.05) is 0 Å². The van der Waals surface area contributed by atoms with E-state index in [1.54, 1.807) is 0 Å². The Balaban J connectivity index is 0.000001000. The van der Waals surface area contributed by atoms with Crippen LogP contribution in [-0.2, 0) is 4.79 Å². The van der Waals surface area contributed by atoms with Crippen LogP contribution in [0.2, 0.25) is 0 Å². The zero-order valence-corrected chi connectivity index (χ0v) is 6.80. The summed E-state index contributed by atoms with van der Waals surface area (Å²) in [6.45, 7) is 0.595. The van der Waals surface area contributed by atoms with Gasteiger partial charge in [0.05, 0.1) is 6.10 Å². The van der Waals surface area contributed by atoms with E-state index in [2.05, 4.69) is 5.32 Å². The van der Waals surface area contributed by atoms with Crippen molar-refractivity contribution in [2.75, 3.05) is 6.54 Å². The average molecular weight is 182 g/mol. The molecule has 1 saturated heterocycles. The van der Waals surface area contributed by atoms with Gasteiger partial charge in [0.15, 0.2) is 0 Å². The maximum atomic E-state index is 10.3. The summed E-state index contributed by atoms with van der Waals surface area (Å²) in [6.07, 6.45) is 0.543. The molecule has 11 heavy (non-hydrogen) atoms. The number of hydrogen-bond acceptors (Lipinski definition) is 3. The number of carboxylic acid groups (broad SMARTS) is 1. The molecule has 0 amide bonds. The van der Waals surface area contributed by atoms with Crippen molar-refractivity contribution >= 4 is 18.4 Å². The van der Waals surface area contributed by atoms with Crippen LogP contribution in [0.4, 0.5) is 0 Å². The average Bonchev–Trinajstić information content (AvgIpc) is 1.88. The second-order valence-corrected chi connectivity index (χ2v) is 2.52. The fourth-order valence-electron chi connectivity index (χ4n) is 1.09. The molecule has 3 N–H and O–H groups in total. The van der Waals surface area contributed by atoms with Crippen LogP contribution in [0.3, 0.4) is 0 Å². The quantitative estimate of drug-likeness (QED) is 0.515. The lowest BCUT2D eigenvalue weighted by Gasteiger charge is -2.23. The molecule has 1 aliphatic heterocycles. The Labute approximate surface area is 71.0 Å². The molecule has 0 bridgehead atoms. The smallest absolute Gasteiger partial charge is 0.320 e. The Bertz CT molecular complexity index is 142. The molecule has 0 radical (unpaired) electrons. The van der Waals surface area contributed by atoms with Gasteiger partial charge in [0.2, 0.25) is 0 Å². The third kappa shape index (κ3) is 3.05. The zero-order chi connectivity index (χ0) is 7.56. The standard InChI is InChI=1S/C6H11NO3.ClH/c8-4-1-2-7-5(3-4)6(9)10;/h4-5,7-8H,1-3H2,(H,9,10);1H/t4-,5-;/m0./s1. The molecular weight excluding hydrogens is 170 g/mol. The highest BCUT2D eigenvalue weighted by Crippen LogP contribution is 2.07. The number of rotatable bonds is 1. The van der Waals surface area contributed by atoms with Crippen LogP contribution in [0, 0.1) is 0 Å². The van der Waals surface area contributed by atoms with Crippen LogP contribution < -0.4 is 5.32 Å². The SMILES string of the molecule is Cl.O=C(O)[C@@H]1C[C@@H](O)CCN1. The molecule has 0 aromatic heterocycles. The molecule has 0 unspecified atom stereocenters. The monoisotopic (exact) mass is 181 g/mol. The zero-order valence-electron chi connectivity index (χ0n) is 5.99. The molecule has 1 heterocycles. The van der Waals surface area contributed by atoms with Crippen LogP contribution >= 0.6 is 12.4 Å². The second kappa shape index (κ2) is 4.54. The molecule has 2 atom stereocenters. The molecule has 0 aromatic rings. The van der Waals surface area contributed by atoms with Crippen molar-refractivity contribution in [3.63, 3.8) is 0 Å². The Kier molecular flexibility index (Phi) is 4.40. The van der Waals surface area contributed by atoms with Crippen molar-refractivity contribution in [1.29, 1.82) is 0 Å². The normalized spacial score (nSPS) is 30.6. The van der Waals surface area contributed by atoms with Crippen molar-refractivity contribution in [1.82, 2.24) is 5.32 Å². The van der Waals surface area contributed by atoms with Gasteiger partial charge >= 0.3 is 5.97 Å². The summed E-state index contributed by atoms with van der Waals surface area (Å²) in [5.41, 5.74) is 0. The van der Waals surface area contributed by atoms with E-state index in [0.29, 0.717) is 19.4 Å². The first-order valence-electron chi connectivity index (χ1n) is 3.34. The van der Waals surface area contributed by atoms with Crippen molar-refractivity contribution in [3.8, 4) is 0 Å². The van der Waals surface area contributed by atoms with E-state index in [1.165, 1.54) is 0 Å². The Morgan fingerprint density at radius 3 is 2.55 bits per heavy atom. The topological polar surface area (TPSA) is 69.6 Å². The number of carboxylic acids is 1. The predicted molar refractivity (Wildman–Crippen MR) is 41.9 cm³/mol. The number of aliphatic hydroxyl groups excluding tert-OH is 1. The summed E-state index contributed by atoms with van der Waals surface area (Å²) >= 11 is 0. The van der Waals surface area contributed by atoms with Gasteiger partial charge in [-0.15, -0.1) is 12.4 Å². The van der Waals surface area contributed by atoms with E-state index in [4.69, 9.17) is 10.2 Å². The Morgan fingerprint density at radius 1 is 1.55 bits per heavy atom. The molecule has 0 spiro atoms. The molecule has 1 fully saturated rings. The van der Waals surface area contributed by atoms with E-state index in [1.807, 2.05) is 0 Å². The molecule has 4 nitrogen and oxygen atoms in total. The third-order valence-electron chi connectivity index (χ3n) is 1.67. The summed E-state index contributed by atoms with van der Waals surface area (Å²) in [4.78, 5) is 10.3. The fourth-order valence-corrected chi connectivity index (χ4v) is 1.09. The van der Waals surface area contributed by atoms with Crippen LogP contribution in [0.1, 0.15) is 12.8 Å². The minimum absolute atomic E-state index is 0. The van der Waals surface area contributed by atoms with Crippen LogP contribution in [0.5, 0.6) is 0 Å². The highest BCUT2D eigenvalue weighted by molar-refractivity contribution is 5.85. The molecule has 0 aromatic carbocycles. The fraction of sp³-hybridized carbons (Fsp3) is 0.833. The molecule has 1 aliphatic rings. The van der Waals surface area contributed by atoms with Crippen molar-refractivity contribution in [2.45, 2.75) is 25.0 Å². The number of hydrogen-bond donors (Lipinski definition) is 3. The lowest BCUT2D eigenvalue weighted by molar-refractivity contribution is -0.141. The van der Waals surface area contributed by atoms with Gasteiger partial charge in [-0.25, -0.2) is 0 Å². The van der Waals surface area contributed by atoms with Gasteiger partial charge < -0.3 is 15.5 Å². The van der Waals surface area contributed by atoms with Gasteiger partial charge in [0.1, 0.15) is 6.04 Å². The predicted octanol–water partition coefficient (Wildman–Crippen LogP) is -0.394. The van der Waals surface area contributed by atoms with Gasteiger partial charge in [0.25, 0.3) is 0 Å². The number of aliphatic hydroxyl groups is 1. The van der Waals surface area contributed by atoms with Crippen LogP contribution in [0.15, 0.2) is 0 Å². The lowest BCUT2D eigenvalue weighted by atomic mass is 10.0. The number of carbonyl (C=O) groups is 1. The summed E-state index contributed by atoms with van der Waals surface area (Å²) in [7, 11) is 0. The molecule has 66 valence electrons. The molecule has 5 heteroatoms. The second-order valence-electron chi connectivity index (χ2n) is 2.52. The molecular formula is C6H12ClNO3. The summed E-state index contributed by atoms with van der Waals surface area (Å²) in [5, 5.41) is 20.3.